The van der Waals surface area contributed by atoms with Crippen molar-refractivity contribution in [2.45, 2.75) is 37.6 Å². The first-order valence-electron chi connectivity index (χ1n) is 9.63. The van der Waals surface area contributed by atoms with E-state index in [2.05, 4.69) is 44.0 Å². The monoisotopic (exact) mass is 413 g/mol. The Labute approximate surface area is 175 Å². The summed E-state index contributed by atoms with van der Waals surface area (Å²) in [7, 11) is 4.09. The van der Waals surface area contributed by atoms with Gasteiger partial charge in [-0.3, -0.25) is 9.69 Å². The lowest BCUT2D eigenvalue weighted by atomic mass is 10.2. The summed E-state index contributed by atoms with van der Waals surface area (Å²) in [6.45, 7) is 3.19. The van der Waals surface area contributed by atoms with Gasteiger partial charge >= 0.3 is 0 Å². The van der Waals surface area contributed by atoms with Crippen LogP contribution in [0, 0.1) is 0 Å². The highest BCUT2D eigenvalue weighted by Gasteiger charge is 2.22. The Morgan fingerprint density at radius 3 is 2.66 bits per heavy atom. The summed E-state index contributed by atoms with van der Waals surface area (Å²) >= 11 is 1.40. The van der Waals surface area contributed by atoms with Gasteiger partial charge in [0.05, 0.1) is 31.1 Å². The van der Waals surface area contributed by atoms with Gasteiger partial charge in [0.2, 0.25) is 5.91 Å². The highest BCUT2D eigenvalue weighted by molar-refractivity contribution is 7.99. The molecule has 3 rings (SSSR count). The molecule has 1 amide bonds. The molecule has 0 aliphatic carbocycles. The third-order valence-corrected chi connectivity index (χ3v) is 5.58. The molecule has 0 saturated heterocycles. The largest absolute Gasteiger partial charge is 0.467 e. The number of thioether (sulfide) groups is 1. The van der Waals surface area contributed by atoms with Crippen LogP contribution in [-0.2, 0) is 17.9 Å². The van der Waals surface area contributed by atoms with Crippen molar-refractivity contribution in [3.8, 4) is 0 Å². The molecule has 1 N–H and O–H groups in total. The molecule has 8 heteroatoms. The van der Waals surface area contributed by atoms with Crippen LogP contribution in [-0.4, -0.2) is 45.4 Å². The Morgan fingerprint density at radius 2 is 2.00 bits per heavy atom. The van der Waals surface area contributed by atoms with E-state index >= 15 is 0 Å². The van der Waals surface area contributed by atoms with E-state index in [1.807, 2.05) is 38.4 Å². The summed E-state index contributed by atoms with van der Waals surface area (Å²) < 4.78 is 7.36. The second-order valence-corrected chi connectivity index (χ2v) is 7.89. The van der Waals surface area contributed by atoms with Crippen molar-refractivity contribution in [1.29, 1.82) is 0 Å². The quantitative estimate of drug-likeness (QED) is 0.514. The Kier molecular flexibility index (Phi) is 7.48. The highest BCUT2D eigenvalue weighted by Crippen LogP contribution is 2.26. The lowest BCUT2D eigenvalue weighted by molar-refractivity contribution is -0.118. The SMILES string of the molecule is CCC(c1nnc(SCC(=O)NCc2ccco2)n1Cc1ccccc1)N(C)C. The zero-order chi connectivity index (χ0) is 20.6. The minimum atomic E-state index is -0.0677. The number of furan rings is 1. The zero-order valence-corrected chi connectivity index (χ0v) is 17.9. The average molecular weight is 414 g/mol. The van der Waals surface area contributed by atoms with Gasteiger partial charge in [-0.2, -0.15) is 0 Å². The van der Waals surface area contributed by atoms with Crippen molar-refractivity contribution in [2.75, 3.05) is 19.8 Å². The van der Waals surface area contributed by atoms with E-state index in [9.17, 15) is 4.79 Å². The van der Waals surface area contributed by atoms with Gasteiger partial charge in [-0.05, 0) is 38.2 Å². The van der Waals surface area contributed by atoms with Crippen LogP contribution < -0.4 is 5.32 Å². The van der Waals surface area contributed by atoms with E-state index in [1.165, 1.54) is 17.3 Å². The number of carbonyl (C=O) groups is 1. The first-order valence-corrected chi connectivity index (χ1v) is 10.6. The fourth-order valence-corrected chi connectivity index (χ4v) is 3.90. The average Bonchev–Trinajstić information content (AvgIpc) is 3.37. The summed E-state index contributed by atoms with van der Waals surface area (Å²) in [4.78, 5) is 14.4. The highest BCUT2D eigenvalue weighted by atomic mass is 32.2. The van der Waals surface area contributed by atoms with Crippen LogP contribution in [0.25, 0.3) is 0 Å². The molecule has 154 valence electrons. The predicted molar refractivity (Wildman–Crippen MR) is 114 cm³/mol. The molecule has 0 aliphatic heterocycles. The molecule has 7 nitrogen and oxygen atoms in total. The van der Waals surface area contributed by atoms with Gasteiger partial charge in [0, 0.05) is 0 Å². The van der Waals surface area contributed by atoms with Gasteiger partial charge in [0.1, 0.15) is 5.76 Å². The van der Waals surface area contributed by atoms with E-state index in [0.29, 0.717) is 13.1 Å². The number of aromatic nitrogens is 3. The Morgan fingerprint density at radius 1 is 1.21 bits per heavy atom. The van der Waals surface area contributed by atoms with Crippen LogP contribution in [0.5, 0.6) is 0 Å². The van der Waals surface area contributed by atoms with Crippen molar-refractivity contribution in [3.05, 3.63) is 65.9 Å². The Hall–Kier alpha value is -2.58. The van der Waals surface area contributed by atoms with Crippen molar-refractivity contribution < 1.29 is 9.21 Å². The number of amides is 1. The van der Waals surface area contributed by atoms with Gasteiger partial charge in [0.25, 0.3) is 0 Å². The van der Waals surface area contributed by atoms with Gasteiger partial charge in [0.15, 0.2) is 11.0 Å². The molecule has 0 saturated carbocycles. The molecule has 0 radical (unpaired) electrons. The third kappa shape index (κ3) is 5.71. The minimum absolute atomic E-state index is 0.0677. The van der Waals surface area contributed by atoms with Crippen molar-refractivity contribution in [2.24, 2.45) is 0 Å². The van der Waals surface area contributed by atoms with E-state index in [1.54, 1.807) is 12.3 Å². The molecule has 0 fully saturated rings. The van der Waals surface area contributed by atoms with E-state index in [-0.39, 0.29) is 17.7 Å². The molecule has 0 spiro atoms. The third-order valence-electron chi connectivity index (χ3n) is 4.61. The maximum Gasteiger partial charge on any atom is 0.230 e. The van der Waals surface area contributed by atoms with E-state index < -0.39 is 0 Å². The molecular weight excluding hydrogens is 386 g/mol. The standard InChI is InChI=1S/C21H27N5O2S/c1-4-18(25(2)3)20-23-24-21(26(20)14-16-9-6-5-7-10-16)29-15-19(27)22-13-17-11-8-12-28-17/h5-12,18H,4,13-15H2,1-3H3,(H,22,27). The number of nitrogens with one attached hydrogen (secondary N) is 1. The van der Waals surface area contributed by atoms with Crippen molar-refractivity contribution in [1.82, 2.24) is 25.0 Å². The fourth-order valence-electron chi connectivity index (χ4n) is 3.13. The second-order valence-electron chi connectivity index (χ2n) is 6.94. The van der Waals surface area contributed by atoms with Crippen LogP contribution in [0.15, 0.2) is 58.3 Å². The number of rotatable bonds is 10. The van der Waals surface area contributed by atoms with Gasteiger partial charge in [-0.15, -0.1) is 10.2 Å². The van der Waals surface area contributed by atoms with E-state index in [0.717, 1.165) is 23.2 Å². The van der Waals surface area contributed by atoms with E-state index in [4.69, 9.17) is 4.42 Å². The molecule has 2 aromatic heterocycles. The maximum atomic E-state index is 12.2. The van der Waals surface area contributed by atoms with Gasteiger partial charge in [-0.1, -0.05) is 49.0 Å². The maximum absolute atomic E-state index is 12.2. The molecule has 29 heavy (non-hydrogen) atoms. The summed E-state index contributed by atoms with van der Waals surface area (Å²) in [6.07, 6.45) is 2.52. The molecule has 2 heterocycles. The molecule has 1 unspecified atom stereocenters. The zero-order valence-electron chi connectivity index (χ0n) is 17.0. The summed E-state index contributed by atoms with van der Waals surface area (Å²) in [5.41, 5.74) is 1.17. The Bertz CT molecular complexity index is 893. The van der Waals surface area contributed by atoms with Crippen LogP contribution >= 0.6 is 11.8 Å². The molecule has 1 atom stereocenters. The second kappa shape index (κ2) is 10.3. The molecule has 3 aromatic rings. The number of carbonyl (C=O) groups excluding carboxylic acids is 1. The summed E-state index contributed by atoms with van der Waals surface area (Å²) in [6, 6.07) is 14.0. The molecule has 0 aliphatic rings. The smallest absolute Gasteiger partial charge is 0.230 e. The summed E-state index contributed by atoms with van der Waals surface area (Å²) in [5.74, 6) is 1.85. The predicted octanol–water partition coefficient (Wildman–Crippen LogP) is 3.34. The van der Waals surface area contributed by atoms with Crippen LogP contribution in [0.3, 0.4) is 0 Å². The lowest BCUT2D eigenvalue weighted by Crippen LogP contribution is -2.25. The first-order chi connectivity index (χ1) is 14.1. The summed E-state index contributed by atoms with van der Waals surface area (Å²) in [5, 5.41) is 12.5. The molecule has 1 aromatic carbocycles. The van der Waals surface area contributed by atoms with Gasteiger partial charge in [-0.25, -0.2) is 0 Å². The number of nitrogens with zero attached hydrogens (tertiary/aromatic N) is 4. The van der Waals surface area contributed by atoms with Crippen molar-refractivity contribution >= 4 is 17.7 Å². The van der Waals surface area contributed by atoms with Crippen LogP contribution in [0.2, 0.25) is 0 Å². The van der Waals surface area contributed by atoms with Crippen LogP contribution in [0.1, 0.15) is 36.5 Å². The van der Waals surface area contributed by atoms with Crippen LogP contribution in [0.4, 0.5) is 0 Å². The number of hydrogen-bond donors (Lipinski definition) is 1. The molecular formula is C21H27N5O2S. The lowest BCUT2D eigenvalue weighted by Gasteiger charge is -2.23. The number of hydrogen-bond acceptors (Lipinski definition) is 6. The number of benzene rings is 1. The van der Waals surface area contributed by atoms with Gasteiger partial charge < -0.3 is 14.3 Å². The normalized spacial score (nSPS) is 12.3. The first kappa shape index (κ1) is 21.1. The van der Waals surface area contributed by atoms with Crippen molar-refractivity contribution in [3.63, 3.8) is 0 Å². The Balaban J connectivity index is 1.72. The minimum Gasteiger partial charge on any atom is -0.467 e. The fraction of sp³-hybridized carbons (Fsp3) is 0.381. The topological polar surface area (TPSA) is 76.2 Å². The molecule has 0 bridgehead atoms.